The van der Waals surface area contributed by atoms with Crippen LogP contribution in [0.1, 0.15) is 10.4 Å². The average molecular weight is 268 g/mol. The lowest BCUT2D eigenvalue weighted by atomic mass is 10.1. The van der Waals surface area contributed by atoms with Gasteiger partial charge in [-0.2, -0.15) is 0 Å². The van der Waals surface area contributed by atoms with Gasteiger partial charge in [-0.3, -0.25) is 10.1 Å². The molecule has 0 fully saturated rings. The SMILES string of the molecule is CNc1c([N+](=O)[O-])cc(C(=O)OC)c2c1OCCO2. The molecule has 1 aliphatic rings. The number of carbonyl (C=O) groups excluding carboxylic acids is 1. The maximum atomic E-state index is 11.7. The van der Waals surface area contributed by atoms with Crippen molar-refractivity contribution >= 4 is 17.3 Å². The van der Waals surface area contributed by atoms with Crippen LogP contribution in [0.4, 0.5) is 11.4 Å². The molecule has 1 heterocycles. The zero-order chi connectivity index (χ0) is 14.0. The summed E-state index contributed by atoms with van der Waals surface area (Å²) in [6.07, 6.45) is 0. The third kappa shape index (κ3) is 2.12. The van der Waals surface area contributed by atoms with E-state index in [0.29, 0.717) is 0 Å². The Kier molecular flexibility index (Phi) is 3.41. The summed E-state index contributed by atoms with van der Waals surface area (Å²) < 4.78 is 15.3. The van der Waals surface area contributed by atoms with Crippen molar-refractivity contribution in [2.24, 2.45) is 0 Å². The zero-order valence-electron chi connectivity index (χ0n) is 10.4. The van der Waals surface area contributed by atoms with E-state index in [1.807, 2.05) is 0 Å². The van der Waals surface area contributed by atoms with Crippen molar-refractivity contribution in [2.75, 3.05) is 32.7 Å². The van der Waals surface area contributed by atoms with Gasteiger partial charge < -0.3 is 19.5 Å². The first kappa shape index (κ1) is 12.9. The minimum Gasteiger partial charge on any atom is -0.485 e. The Balaban J connectivity index is 2.72. The first-order valence-electron chi connectivity index (χ1n) is 5.47. The fourth-order valence-corrected chi connectivity index (χ4v) is 1.84. The summed E-state index contributed by atoms with van der Waals surface area (Å²) in [6, 6.07) is 1.12. The van der Waals surface area contributed by atoms with Crippen molar-refractivity contribution in [1.29, 1.82) is 0 Å². The van der Waals surface area contributed by atoms with Gasteiger partial charge in [0.1, 0.15) is 18.8 Å². The number of hydrogen-bond donors (Lipinski definition) is 1. The van der Waals surface area contributed by atoms with Crippen LogP contribution in [-0.2, 0) is 4.74 Å². The van der Waals surface area contributed by atoms with Crippen molar-refractivity contribution in [2.45, 2.75) is 0 Å². The average Bonchev–Trinajstić information content (AvgIpc) is 2.44. The molecule has 102 valence electrons. The van der Waals surface area contributed by atoms with Gasteiger partial charge in [0.2, 0.25) is 0 Å². The summed E-state index contributed by atoms with van der Waals surface area (Å²) in [5.41, 5.74) is -0.123. The van der Waals surface area contributed by atoms with Crippen molar-refractivity contribution in [3.63, 3.8) is 0 Å². The number of rotatable bonds is 3. The van der Waals surface area contributed by atoms with Crippen molar-refractivity contribution in [3.8, 4) is 11.5 Å². The standard InChI is InChI=1S/C11H12N2O6/c1-12-8-7(13(15)16)5-6(11(14)17-2)9-10(8)19-4-3-18-9/h5,12H,3-4H2,1-2H3. The molecule has 0 amide bonds. The first-order chi connectivity index (χ1) is 9.10. The van der Waals surface area contributed by atoms with E-state index in [1.54, 1.807) is 0 Å². The number of methoxy groups -OCH3 is 1. The molecular weight excluding hydrogens is 256 g/mol. The lowest BCUT2D eigenvalue weighted by Crippen LogP contribution is -2.20. The number of fused-ring (bicyclic) bond motifs is 1. The number of nitro benzene ring substituents is 1. The number of nitro groups is 1. The summed E-state index contributed by atoms with van der Waals surface area (Å²) in [5.74, 6) is -0.399. The number of nitrogens with one attached hydrogen (secondary N) is 1. The summed E-state index contributed by atoms with van der Waals surface area (Å²) in [7, 11) is 2.72. The molecule has 1 aromatic rings. The third-order valence-electron chi connectivity index (χ3n) is 2.64. The molecule has 0 atom stereocenters. The number of ether oxygens (including phenoxy) is 3. The van der Waals surface area contributed by atoms with Gasteiger partial charge >= 0.3 is 5.97 Å². The smallest absolute Gasteiger partial charge is 0.342 e. The highest BCUT2D eigenvalue weighted by Gasteiger charge is 2.31. The van der Waals surface area contributed by atoms with Gasteiger partial charge in [-0.05, 0) is 0 Å². The Morgan fingerprint density at radius 2 is 2.05 bits per heavy atom. The maximum absolute atomic E-state index is 11.7. The van der Waals surface area contributed by atoms with Gasteiger partial charge in [0.05, 0.1) is 12.0 Å². The van der Waals surface area contributed by atoms with Crippen LogP contribution in [0.5, 0.6) is 11.5 Å². The van der Waals surface area contributed by atoms with E-state index in [1.165, 1.54) is 14.2 Å². The Morgan fingerprint density at radius 3 is 2.58 bits per heavy atom. The molecule has 0 saturated carbocycles. The number of anilines is 1. The minimum absolute atomic E-state index is 0.0251. The van der Waals surface area contributed by atoms with Gasteiger partial charge in [0.25, 0.3) is 5.69 Å². The predicted octanol–water partition coefficient (Wildman–Crippen LogP) is 1.19. The van der Waals surface area contributed by atoms with Gasteiger partial charge in [-0.1, -0.05) is 0 Å². The number of benzene rings is 1. The molecule has 0 aliphatic carbocycles. The molecule has 8 nitrogen and oxygen atoms in total. The molecule has 0 aromatic heterocycles. The molecule has 0 radical (unpaired) electrons. The molecule has 1 aliphatic heterocycles. The third-order valence-corrected chi connectivity index (χ3v) is 2.64. The van der Waals surface area contributed by atoms with E-state index in [-0.39, 0.29) is 41.7 Å². The molecule has 0 spiro atoms. The highest BCUT2D eigenvalue weighted by molar-refractivity contribution is 5.97. The van der Waals surface area contributed by atoms with Crippen LogP contribution in [0, 0.1) is 10.1 Å². The quantitative estimate of drug-likeness (QED) is 0.499. The zero-order valence-corrected chi connectivity index (χ0v) is 10.4. The molecule has 1 aromatic carbocycles. The van der Waals surface area contributed by atoms with Crippen LogP contribution in [0.3, 0.4) is 0 Å². The molecule has 8 heteroatoms. The van der Waals surface area contributed by atoms with E-state index < -0.39 is 10.9 Å². The fraction of sp³-hybridized carbons (Fsp3) is 0.364. The van der Waals surface area contributed by atoms with Gasteiger partial charge in [-0.15, -0.1) is 0 Å². The second-order valence-corrected chi connectivity index (χ2v) is 3.67. The number of carbonyl (C=O) groups is 1. The second-order valence-electron chi connectivity index (χ2n) is 3.67. The van der Waals surface area contributed by atoms with E-state index in [9.17, 15) is 14.9 Å². The lowest BCUT2D eigenvalue weighted by molar-refractivity contribution is -0.384. The number of esters is 1. The van der Waals surface area contributed by atoms with Gasteiger partial charge in [0.15, 0.2) is 17.2 Å². The predicted molar refractivity (Wildman–Crippen MR) is 65.0 cm³/mol. The van der Waals surface area contributed by atoms with E-state index >= 15 is 0 Å². The lowest BCUT2D eigenvalue weighted by Gasteiger charge is -2.22. The molecule has 0 saturated heterocycles. The van der Waals surface area contributed by atoms with Crippen molar-refractivity contribution in [3.05, 3.63) is 21.7 Å². The van der Waals surface area contributed by atoms with Crippen LogP contribution in [0.2, 0.25) is 0 Å². The molecule has 0 bridgehead atoms. The van der Waals surface area contributed by atoms with E-state index in [4.69, 9.17) is 9.47 Å². The fourth-order valence-electron chi connectivity index (χ4n) is 1.84. The Labute approximate surface area is 108 Å². The largest absolute Gasteiger partial charge is 0.485 e. The Morgan fingerprint density at radius 1 is 1.42 bits per heavy atom. The van der Waals surface area contributed by atoms with Crippen LogP contribution >= 0.6 is 0 Å². The topological polar surface area (TPSA) is 99.9 Å². The van der Waals surface area contributed by atoms with E-state index in [0.717, 1.165) is 6.07 Å². The van der Waals surface area contributed by atoms with Gasteiger partial charge in [-0.25, -0.2) is 4.79 Å². The first-order valence-corrected chi connectivity index (χ1v) is 5.47. The summed E-state index contributed by atoms with van der Waals surface area (Å²) in [4.78, 5) is 22.1. The second kappa shape index (κ2) is 5.01. The van der Waals surface area contributed by atoms with Crippen molar-refractivity contribution < 1.29 is 23.9 Å². The number of hydrogen-bond acceptors (Lipinski definition) is 7. The van der Waals surface area contributed by atoms with Crippen molar-refractivity contribution in [1.82, 2.24) is 0 Å². The minimum atomic E-state index is -0.715. The molecule has 2 rings (SSSR count). The summed E-state index contributed by atoms with van der Waals surface area (Å²) in [5, 5.41) is 13.7. The number of nitrogens with zero attached hydrogens (tertiary/aromatic N) is 1. The Hall–Kier alpha value is -2.51. The Bertz CT molecular complexity index is 542. The van der Waals surface area contributed by atoms with Gasteiger partial charge in [0, 0.05) is 13.1 Å². The van der Waals surface area contributed by atoms with Crippen LogP contribution in [-0.4, -0.2) is 38.3 Å². The van der Waals surface area contributed by atoms with Crippen LogP contribution in [0.15, 0.2) is 6.07 Å². The normalized spacial score (nSPS) is 12.7. The highest BCUT2D eigenvalue weighted by atomic mass is 16.6. The maximum Gasteiger partial charge on any atom is 0.342 e. The van der Waals surface area contributed by atoms with E-state index in [2.05, 4.69) is 10.1 Å². The monoisotopic (exact) mass is 268 g/mol. The molecular formula is C11H12N2O6. The molecule has 19 heavy (non-hydrogen) atoms. The summed E-state index contributed by atoms with van der Waals surface area (Å²) >= 11 is 0. The molecule has 0 unspecified atom stereocenters. The van der Waals surface area contributed by atoms with Crippen LogP contribution in [0.25, 0.3) is 0 Å². The highest BCUT2D eigenvalue weighted by Crippen LogP contribution is 2.46. The van der Waals surface area contributed by atoms with Crippen LogP contribution < -0.4 is 14.8 Å². The molecule has 1 N–H and O–H groups in total. The summed E-state index contributed by atoms with van der Waals surface area (Å²) in [6.45, 7) is 0.515.